The summed E-state index contributed by atoms with van der Waals surface area (Å²) in [4.78, 5) is 34.5. The van der Waals surface area contributed by atoms with E-state index in [1.54, 1.807) is 42.3 Å². The van der Waals surface area contributed by atoms with Crippen LogP contribution >= 0.6 is 11.3 Å². The number of H-pyrrole nitrogens is 1. The van der Waals surface area contributed by atoms with E-state index in [1.165, 1.54) is 43.4 Å². The molecular formula is C25H28N8O2S. The maximum atomic E-state index is 13.1. The summed E-state index contributed by atoms with van der Waals surface area (Å²) >= 11 is 1.46. The predicted octanol–water partition coefficient (Wildman–Crippen LogP) is 3.49. The summed E-state index contributed by atoms with van der Waals surface area (Å²) in [6, 6.07) is 1.69. The molecule has 2 amide bonds. The molecule has 0 radical (unpaired) electrons. The lowest BCUT2D eigenvalue weighted by molar-refractivity contribution is 0.0561. The minimum Gasteiger partial charge on any atom is -0.351 e. The first-order valence-electron chi connectivity index (χ1n) is 12.3. The third-order valence-corrected chi connectivity index (χ3v) is 8.67. The standard InChI is InChI=1S/C25H28N8O2S/c1-16-20(31-23(35)19-14-30-33-15-21(36-24(19)33)18-12-28-29-13-18)10-17(11-27-16)22(34)26-7-9-32-8-3-6-25(32)4-2-5-25/h10-15H,2-9H2,1H3,(H,26,34)(H,28,29)(H,31,35). The molecule has 1 aliphatic carbocycles. The van der Waals surface area contributed by atoms with E-state index < -0.39 is 0 Å². The first kappa shape index (κ1) is 22.9. The zero-order valence-corrected chi connectivity index (χ0v) is 20.9. The Hall–Kier alpha value is -3.57. The van der Waals surface area contributed by atoms with Gasteiger partial charge >= 0.3 is 0 Å². The number of amides is 2. The van der Waals surface area contributed by atoms with Crippen LogP contribution in [0.4, 0.5) is 5.69 Å². The van der Waals surface area contributed by atoms with E-state index in [4.69, 9.17) is 0 Å². The number of aromatic nitrogens is 5. The van der Waals surface area contributed by atoms with Gasteiger partial charge in [0.05, 0.1) is 39.8 Å². The van der Waals surface area contributed by atoms with Crippen molar-refractivity contribution >= 4 is 33.7 Å². The van der Waals surface area contributed by atoms with E-state index in [0.717, 1.165) is 28.4 Å². The van der Waals surface area contributed by atoms with Crippen LogP contribution in [0.15, 0.2) is 37.1 Å². The Bertz CT molecular complexity index is 1420. The monoisotopic (exact) mass is 504 g/mol. The first-order chi connectivity index (χ1) is 17.5. The fourth-order valence-corrected chi connectivity index (χ4v) is 6.37. The maximum absolute atomic E-state index is 13.1. The second-order valence-corrected chi connectivity index (χ2v) is 10.7. The molecule has 2 fully saturated rings. The molecule has 0 bridgehead atoms. The van der Waals surface area contributed by atoms with Crippen LogP contribution in [0.2, 0.25) is 0 Å². The van der Waals surface area contributed by atoms with Crippen molar-refractivity contribution in [2.75, 3.05) is 25.0 Å². The number of thiazole rings is 1. The van der Waals surface area contributed by atoms with Crippen LogP contribution in [-0.4, -0.2) is 66.7 Å². The van der Waals surface area contributed by atoms with Gasteiger partial charge in [-0.25, -0.2) is 4.52 Å². The van der Waals surface area contributed by atoms with Crippen molar-refractivity contribution in [1.29, 1.82) is 0 Å². The van der Waals surface area contributed by atoms with Gasteiger partial charge in [0.15, 0.2) is 0 Å². The zero-order valence-electron chi connectivity index (χ0n) is 20.1. The van der Waals surface area contributed by atoms with Crippen molar-refractivity contribution in [3.8, 4) is 10.4 Å². The highest BCUT2D eigenvalue weighted by Crippen LogP contribution is 2.45. The van der Waals surface area contributed by atoms with Crippen LogP contribution in [0.3, 0.4) is 0 Å². The molecule has 0 unspecified atom stereocenters. The summed E-state index contributed by atoms with van der Waals surface area (Å²) < 4.78 is 1.69. The third-order valence-electron chi connectivity index (χ3n) is 7.51. The predicted molar refractivity (Wildman–Crippen MR) is 137 cm³/mol. The Labute approximate surface area is 212 Å². The second kappa shape index (κ2) is 9.14. The number of pyridine rings is 1. The Morgan fingerprint density at radius 1 is 1.17 bits per heavy atom. The van der Waals surface area contributed by atoms with Crippen LogP contribution in [0.25, 0.3) is 15.3 Å². The molecule has 0 aromatic carbocycles. The largest absolute Gasteiger partial charge is 0.351 e. The van der Waals surface area contributed by atoms with Gasteiger partial charge in [-0.1, -0.05) is 0 Å². The molecule has 6 rings (SSSR count). The molecule has 11 heteroatoms. The summed E-state index contributed by atoms with van der Waals surface area (Å²) in [6.45, 7) is 4.39. The number of aromatic amines is 1. The number of anilines is 1. The van der Waals surface area contributed by atoms with Gasteiger partial charge in [-0.3, -0.25) is 24.6 Å². The summed E-state index contributed by atoms with van der Waals surface area (Å²) in [6.07, 6.45) is 14.9. The number of rotatable bonds is 7. The third kappa shape index (κ3) is 4.07. The van der Waals surface area contributed by atoms with Crippen LogP contribution in [-0.2, 0) is 0 Å². The lowest BCUT2D eigenvalue weighted by Gasteiger charge is -2.46. The maximum Gasteiger partial charge on any atom is 0.260 e. The fourth-order valence-electron chi connectivity index (χ4n) is 5.34. The fraction of sp³-hybridized carbons (Fsp3) is 0.400. The number of carbonyl (C=O) groups is 2. The van der Waals surface area contributed by atoms with E-state index in [-0.39, 0.29) is 11.8 Å². The molecule has 1 spiro atoms. The number of nitrogens with zero attached hydrogens (tertiary/aromatic N) is 5. The number of hydrogen-bond acceptors (Lipinski definition) is 7. The average molecular weight is 505 g/mol. The first-order valence-corrected chi connectivity index (χ1v) is 13.1. The molecule has 2 aliphatic rings. The topological polar surface area (TPSA) is 120 Å². The molecule has 3 N–H and O–H groups in total. The van der Waals surface area contributed by atoms with Crippen LogP contribution in [0.5, 0.6) is 0 Å². The van der Waals surface area contributed by atoms with Gasteiger partial charge in [0, 0.05) is 42.8 Å². The number of carbonyl (C=O) groups excluding carboxylic acids is 2. The molecule has 1 saturated carbocycles. The molecule has 186 valence electrons. The minimum atomic E-state index is -0.298. The van der Waals surface area contributed by atoms with E-state index in [2.05, 4.69) is 35.8 Å². The number of hydrogen-bond donors (Lipinski definition) is 3. The molecule has 36 heavy (non-hydrogen) atoms. The van der Waals surface area contributed by atoms with Crippen molar-refractivity contribution in [3.05, 3.63) is 53.9 Å². The van der Waals surface area contributed by atoms with E-state index in [9.17, 15) is 9.59 Å². The molecule has 1 saturated heterocycles. The highest BCUT2D eigenvalue weighted by atomic mass is 32.1. The molecule has 5 heterocycles. The van der Waals surface area contributed by atoms with Gasteiger partial charge in [0.25, 0.3) is 11.8 Å². The Morgan fingerprint density at radius 2 is 2.03 bits per heavy atom. The normalized spacial score (nSPS) is 16.9. The highest BCUT2D eigenvalue weighted by Gasteiger charge is 2.44. The highest BCUT2D eigenvalue weighted by molar-refractivity contribution is 7.21. The number of likely N-dealkylation sites (tertiary alicyclic amines) is 1. The Morgan fingerprint density at radius 3 is 2.81 bits per heavy atom. The van der Waals surface area contributed by atoms with Crippen molar-refractivity contribution in [3.63, 3.8) is 0 Å². The number of nitrogens with one attached hydrogen (secondary N) is 3. The lowest BCUT2D eigenvalue weighted by Crippen LogP contribution is -2.51. The van der Waals surface area contributed by atoms with Gasteiger partial charge in [-0.2, -0.15) is 10.2 Å². The van der Waals surface area contributed by atoms with Crippen LogP contribution in [0, 0.1) is 6.92 Å². The van der Waals surface area contributed by atoms with Gasteiger partial charge < -0.3 is 10.6 Å². The van der Waals surface area contributed by atoms with Gasteiger partial charge in [0.1, 0.15) is 4.83 Å². The number of aryl methyl sites for hydroxylation is 1. The summed E-state index contributed by atoms with van der Waals surface area (Å²) in [5, 5.41) is 17.0. The summed E-state index contributed by atoms with van der Waals surface area (Å²) in [7, 11) is 0. The van der Waals surface area contributed by atoms with Crippen molar-refractivity contribution in [2.24, 2.45) is 0 Å². The van der Waals surface area contributed by atoms with E-state index >= 15 is 0 Å². The Kier molecular flexibility index (Phi) is 5.81. The van der Waals surface area contributed by atoms with Crippen LogP contribution < -0.4 is 10.6 Å². The van der Waals surface area contributed by atoms with E-state index in [0.29, 0.717) is 34.6 Å². The van der Waals surface area contributed by atoms with Crippen molar-refractivity contribution in [2.45, 2.75) is 44.6 Å². The van der Waals surface area contributed by atoms with Gasteiger partial charge in [0.2, 0.25) is 0 Å². The second-order valence-electron chi connectivity index (χ2n) is 9.63. The molecule has 4 aromatic heterocycles. The van der Waals surface area contributed by atoms with E-state index in [1.807, 2.05) is 6.20 Å². The Balaban J connectivity index is 1.12. The lowest BCUT2D eigenvalue weighted by atomic mass is 9.75. The quantitative estimate of drug-likeness (QED) is 0.354. The minimum absolute atomic E-state index is 0.184. The molecule has 10 nitrogen and oxygen atoms in total. The smallest absolute Gasteiger partial charge is 0.260 e. The van der Waals surface area contributed by atoms with Gasteiger partial charge in [-0.05, 0) is 51.6 Å². The van der Waals surface area contributed by atoms with Crippen LogP contribution in [0.1, 0.15) is 58.5 Å². The number of fused-ring (bicyclic) bond motifs is 1. The summed E-state index contributed by atoms with van der Waals surface area (Å²) in [5.41, 5.74) is 3.36. The SMILES string of the molecule is Cc1ncc(C(=O)NCCN2CCCC23CCC3)cc1NC(=O)c1cnn2cc(-c3cn[nH]c3)sc12. The average Bonchev–Trinajstić information content (AvgIpc) is 3.62. The van der Waals surface area contributed by atoms with Gasteiger partial charge in [-0.15, -0.1) is 11.3 Å². The van der Waals surface area contributed by atoms with Crippen molar-refractivity contribution < 1.29 is 9.59 Å². The molecular weight excluding hydrogens is 476 g/mol. The van der Waals surface area contributed by atoms with Crippen molar-refractivity contribution in [1.82, 2.24) is 35.0 Å². The molecule has 1 aliphatic heterocycles. The zero-order chi connectivity index (χ0) is 24.7. The molecule has 4 aromatic rings. The molecule has 0 atom stereocenters. The summed E-state index contributed by atoms with van der Waals surface area (Å²) in [5.74, 6) is -0.483.